The fraction of sp³-hybridized carbons (Fsp3) is 0.500. The lowest BCUT2D eigenvalue weighted by atomic mass is 10.0. The van der Waals surface area contributed by atoms with Crippen molar-refractivity contribution in [1.29, 1.82) is 0 Å². The highest BCUT2D eigenvalue weighted by Gasteiger charge is 2.56. The zero-order valence-electron chi connectivity index (χ0n) is 13.8. The predicted octanol–water partition coefficient (Wildman–Crippen LogP) is 2.28. The molecule has 0 saturated carbocycles. The van der Waals surface area contributed by atoms with Gasteiger partial charge in [0.1, 0.15) is 6.04 Å². The van der Waals surface area contributed by atoms with Gasteiger partial charge in [0.25, 0.3) is 11.7 Å². The molecule has 0 aromatic heterocycles. The van der Waals surface area contributed by atoms with Crippen molar-refractivity contribution in [2.24, 2.45) is 5.92 Å². The van der Waals surface area contributed by atoms with Crippen molar-refractivity contribution in [3.63, 3.8) is 0 Å². The summed E-state index contributed by atoms with van der Waals surface area (Å²) < 4.78 is 16.7. The van der Waals surface area contributed by atoms with Crippen molar-refractivity contribution < 1.29 is 23.8 Å². The Bertz CT molecular complexity index is 627. The number of anilines is 1. The number of amides is 1. The minimum absolute atomic E-state index is 0.136. The summed E-state index contributed by atoms with van der Waals surface area (Å²) >= 11 is 2.16. The molecule has 1 aliphatic rings. The maximum Gasteiger partial charge on any atom is 0.329 e. The Morgan fingerprint density at radius 2 is 1.83 bits per heavy atom. The number of carbonyl (C=O) groups is 2. The second-order valence-corrected chi connectivity index (χ2v) is 6.82. The van der Waals surface area contributed by atoms with Crippen molar-refractivity contribution in [3.8, 4) is 0 Å². The van der Waals surface area contributed by atoms with Gasteiger partial charge in [-0.3, -0.25) is 9.69 Å². The molecule has 0 bridgehead atoms. The highest BCUT2D eigenvalue weighted by Crippen LogP contribution is 2.45. The van der Waals surface area contributed by atoms with E-state index >= 15 is 0 Å². The van der Waals surface area contributed by atoms with Crippen LogP contribution < -0.4 is 4.90 Å². The number of esters is 1. The van der Waals surface area contributed by atoms with Crippen LogP contribution in [0.2, 0.25) is 0 Å². The Kier molecular flexibility index (Phi) is 5.32. The zero-order valence-corrected chi connectivity index (χ0v) is 15.9. The zero-order chi connectivity index (χ0) is 17.4. The molecule has 1 aromatic carbocycles. The number of nitrogens with zero attached hydrogens (tertiary/aromatic N) is 1. The van der Waals surface area contributed by atoms with Crippen LogP contribution in [0.15, 0.2) is 18.2 Å². The minimum Gasteiger partial charge on any atom is -0.467 e. The standard InChI is InChI=1S/C16H20INO5/c1-9(2)13(14(19)21-3)18-12-7-6-10(17)8-11(12)16(22-4,23-5)15(18)20/h6-9,13H,1-5H3. The molecule has 1 atom stereocenters. The summed E-state index contributed by atoms with van der Waals surface area (Å²) in [4.78, 5) is 26.8. The Balaban J connectivity index is 2.68. The molecule has 6 nitrogen and oxygen atoms in total. The van der Waals surface area contributed by atoms with E-state index in [-0.39, 0.29) is 5.92 Å². The predicted molar refractivity (Wildman–Crippen MR) is 93.0 cm³/mol. The van der Waals surface area contributed by atoms with Crippen molar-refractivity contribution in [1.82, 2.24) is 0 Å². The molecular formula is C16H20INO5. The van der Waals surface area contributed by atoms with Crippen molar-refractivity contribution in [2.45, 2.75) is 25.7 Å². The SMILES string of the molecule is COC(=O)C(C(C)C)N1C(=O)C(OC)(OC)c2cc(I)ccc21. The molecule has 23 heavy (non-hydrogen) atoms. The van der Waals surface area contributed by atoms with Crippen LogP contribution in [0.25, 0.3) is 0 Å². The smallest absolute Gasteiger partial charge is 0.329 e. The number of carbonyl (C=O) groups excluding carboxylic acids is 2. The average molecular weight is 433 g/mol. The molecule has 0 aliphatic carbocycles. The van der Waals surface area contributed by atoms with Gasteiger partial charge in [0.15, 0.2) is 0 Å². The molecule has 1 unspecified atom stereocenters. The molecule has 0 fully saturated rings. The molecular weight excluding hydrogens is 413 g/mol. The van der Waals surface area contributed by atoms with E-state index in [2.05, 4.69) is 22.6 Å². The van der Waals surface area contributed by atoms with E-state index in [1.807, 2.05) is 26.0 Å². The third-order valence-electron chi connectivity index (χ3n) is 4.00. The molecule has 0 radical (unpaired) electrons. The van der Waals surface area contributed by atoms with E-state index in [1.54, 1.807) is 6.07 Å². The van der Waals surface area contributed by atoms with Crippen LogP contribution in [-0.4, -0.2) is 39.2 Å². The quantitative estimate of drug-likeness (QED) is 0.405. The fourth-order valence-electron chi connectivity index (χ4n) is 2.92. The topological polar surface area (TPSA) is 65.1 Å². The first kappa shape index (κ1) is 18.2. The van der Waals surface area contributed by atoms with Gasteiger partial charge in [0.05, 0.1) is 12.8 Å². The second-order valence-electron chi connectivity index (χ2n) is 5.57. The second kappa shape index (κ2) is 6.74. The van der Waals surface area contributed by atoms with Crippen molar-refractivity contribution in [2.75, 3.05) is 26.2 Å². The molecule has 2 rings (SSSR count). The van der Waals surface area contributed by atoms with Crippen LogP contribution in [0.3, 0.4) is 0 Å². The first-order valence-electron chi connectivity index (χ1n) is 7.15. The van der Waals surface area contributed by atoms with Gasteiger partial charge < -0.3 is 14.2 Å². The van der Waals surface area contributed by atoms with Crippen molar-refractivity contribution >= 4 is 40.2 Å². The van der Waals surface area contributed by atoms with Crippen LogP contribution >= 0.6 is 22.6 Å². The lowest BCUT2D eigenvalue weighted by Crippen LogP contribution is -2.52. The molecule has 0 spiro atoms. The van der Waals surface area contributed by atoms with Crippen LogP contribution in [0.5, 0.6) is 0 Å². The largest absolute Gasteiger partial charge is 0.467 e. The Morgan fingerprint density at radius 3 is 2.30 bits per heavy atom. The summed E-state index contributed by atoms with van der Waals surface area (Å²) in [6.07, 6.45) is 0. The number of rotatable bonds is 5. The van der Waals surface area contributed by atoms with Crippen molar-refractivity contribution in [3.05, 3.63) is 27.3 Å². The van der Waals surface area contributed by atoms with E-state index in [1.165, 1.54) is 26.2 Å². The van der Waals surface area contributed by atoms with Gasteiger partial charge in [-0.2, -0.15) is 0 Å². The monoisotopic (exact) mass is 433 g/mol. The highest BCUT2D eigenvalue weighted by atomic mass is 127. The van der Waals surface area contributed by atoms with E-state index in [4.69, 9.17) is 14.2 Å². The first-order chi connectivity index (χ1) is 10.8. The van der Waals surface area contributed by atoms with Gasteiger partial charge in [-0.15, -0.1) is 0 Å². The van der Waals surface area contributed by atoms with Crippen LogP contribution in [-0.2, 0) is 29.6 Å². The number of benzene rings is 1. The lowest BCUT2D eigenvalue weighted by molar-refractivity contribution is -0.209. The lowest BCUT2D eigenvalue weighted by Gasteiger charge is -2.31. The minimum atomic E-state index is -1.54. The van der Waals surface area contributed by atoms with Gasteiger partial charge in [0, 0.05) is 23.4 Å². The maximum atomic E-state index is 13.1. The Labute approximate surface area is 149 Å². The number of ether oxygens (including phenoxy) is 3. The maximum absolute atomic E-state index is 13.1. The summed E-state index contributed by atoms with van der Waals surface area (Å²) in [6, 6.07) is 4.75. The van der Waals surface area contributed by atoms with Crippen LogP contribution in [0.4, 0.5) is 5.69 Å². The Morgan fingerprint density at radius 1 is 1.22 bits per heavy atom. The molecule has 0 N–H and O–H groups in total. The molecule has 126 valence electrons. The third-order valence-corrected chi connectivity index (χ3v) is 4.67. The number of halogens is 1. The third kappa shape index (κ3) is 2.74. The van der Waals surface area contributed by atoms with Crippen LogP contribution in [0.1, 0.15) is 19.4 Å². The summed E-state index contributed by atoms with van der Waals surface area (Å²) in [5.41, 5.74) is 1.19. The van der Waals surface area contributed by atoms with Gasteiger partial charge in [0.2, 0.25) is 0 Å². The molecule has 1 amide bonds. The van der Waals surface area contributed by atoms with E-state index in [0.717, 1.165) is 3.57 Å². The summed E-state index contributed by atoms with van der Waals surface area (Å²) in [5, 5.41) is 0. The van der Waals surface area contributed by atoms with Gasteiger partial charge in [-0.25, -0.2) is 4.79 Å². The molecule has 1 aliphatic heterocycles. The van der Waals surface area contributed by atoms with Crippen LogP contribution in [0, 0.1) is 9.49 Å². The van der Waals surface area contributed by atoms with E-state index in [0.29, 0.717) is 11.3 Å². The summed E-state index contributed by atoms with van der Waals surface area (Å²) in [6.45, 7) is 3.72. The Hall–Kier alpha value is -1.19. The molecule has 1 aromatic rings. The average Bonchev–Trinajstić information content (AvgIpc) is 2.76. The number of methoxy groups -OCH3 is 3. The van der Waals surface area contributed by atoms with Gasteiger partial charge in [-0.05, 0) is 46.7 Å². The molecule has 0 saturated heterocycles. The molecule has 7 heteroatoms. The van der Waals surface area contributed by atoms with Gasteiger partial charge in [-0.1, -0.05) is 13.8 Å². The fourth-order valence-corrected chi connectivity index (χ4v) is 3.41. The number of hydrogen-bond donors (Lipinski definition) is 0. The van der Waals surface area contributed by atoms with E-state index in [9.17, 15) is 9.59 Å². The highest BCUT2D eigenvalue weighted by molar-refractivity contribution is 14.1. The van der Waals surface area contributed by atoms with E-state index < -0.39 is 23.7 Å². The van der Waals surface area contributed by atoms with Gasteiger partial charge >= 0.3 is 5.97 Å². The number of hydrogen-bond acceptors (Lipinski definition) is 5. The summed E-state index contributed by atoms with van der Waals surface area (Å²) in [7, 11) is 4.14. The number of fused-ring (bicyclic) bond motifs is 1. The normalized spacial score (nSPS) is 17.3. The molecule has 1 heterocycles. The summed E-state index contributed by atoms with van der Waals surface area (Å²) in [5.74, 6) is -2.58. The first-order valence-corrected chi connectivity index (χ1v) is 8.23.